The van der Waals surface area contributed by atoms with Crippen molar-refractivity contribution in [1.82, 2.24) is 5.32 Å². The molecular formula is C16H24N2O4. The highest BCUT2D eigenvalue weighted by Crippen LogP contribution is 2.41. The first-order chi connectivity index (χ1) is 10.6. The maximum absolute atomic E-state index is 11.3. The van der Waals surface area contributed by atoms with Gasteiger partial charge in [-0.1, -0.05) is 26.2 Å². The molecule has 1 amide bonds. The third-order valence-corrected chi connectivity index (χ3v) is 3.68. The first-order valence-electron chi connectivity index (χ1n) is 7.80. The lowest BCUT2D eigenvalue weighted by Crippen LogP contribution is -2.28. The molecule has 1 aromatic carbocycles. The van der Waals surface area contributed by atoms with Gasteiger partial charge in [0.25, 0.3) is 5.91 Å². The average Bonchev–Trinajstić information content (AvgIpc) is 2.51. The first-order valence-corrected chi connectivity index (χ1v) is 7.80. The minimum absolute atomic E-state index is 0.0634. The van der Waals surface area contributed by atoms with Gasteiger partial charge >= 0.3 is 0 Å². The van der Waals surface area contributed by atoms with E-state index in [-0.39, 0.29) is 24.0 Å². The molecule has 1 heterocycles. The number of benzene rings is 1. The number of unbranched alkanes of at least 4 members (excludes halogenated alkanes) is 3. The van der Waals surface area contributed by atoms with Crippen LogP contribution in [0.1, 0.15) is 44.3 Å². The maximum Gasteiger partial charge on any atom is 0.262 e. The number of phenols is 1. The van der Waals surface area contributed by atoms with Gasteiger partial charge in [0.1, 0.15) is 11.4 Å². The van der Waals surface area contributed by atoms with E-state index >= 15 is 0 Å². The Kier molecular flexibility index (Phi) is 6.03. The molecule has 0 fully saturated rings. The van der Waals surface area contributed by atoms with Gasteiger partial charge in [0.05, 0.1) is 6.10 Å². The molecular weight excluding hydrogens is 284 g/mol. The summed E-state index contributed by atoms with van der Waals surface area (Å²) >= 11 is 0. The van der Waals surface area contributed by atoms with Gasteiger partial charge in [0.15, 0.2) is 12.4 Å². The maximum atomic E-state index is 11.3. The van der Waals surface area contributed by atoms with Crippen LogP contribution in [0, 0.1) is 0 Å². The van der Waals surface area contributed by atoms with Crippen LogP contribution < -0.4 is 15.4 Å². The molecule has 0 aliphatic carbocycles. The fourth-order valence-electron chi connectivity index (χ4n) is 2.47. The Morgan fingerprint density at radius 1 is 1.36 bits per heavy atom. The monoisotopic (exact) mass is 308 g/mol. The highest BCUT2D eigenvalue weighted by Gasteiger charge is 2.25. The van der Waals surface area contributed by atoms with Crippen molar-refractivity contribution in [3.05, 3.63) is 17.7 Å². The number of carbonyl (C=O) groups excluding carboxylic acids is 1. The molecule has 1 aliphatic rings. The zero-order valence-corrected chi connectivity index (χ0v) is 12.9. The number of aromatic hydroxyl groups is 1. The summed E-state index contributed by atoms with van der Waals surface area (Å²) in [6, 6.07) is 3.07. The van der Waals surface area contributed by atoms with E-state index in [1.165, 1.54) is 25.3 Å². The number of ether oxygens (including phenoxy) is 1. The zero-order valence-electron chi connectivity index (χ0n) is 12.9. The van der Waals surface area contributed by atoms with Crippen molar-refractivity contribution in [3.8, 4) is 11.5 Å². The number of hydrogen-bond donors (Lipinski definition) is 4. The Hall–Kier alpha value is -1.79. The number of nitrogens with one attached hydrogen (secondary N) is 2. The molecule has 0 saturated heterocycles. The largest absolute Gasteiger partial charge is 0.506 e. The molecule has 22 heavy (non-hydrogen) atoms. The summed E-state index contributed by atoms with van der Waals surface area (Å²) in [4.78, 5) is 11.3. The third kappa shape index (κ3) is 4.11. The number of fused-ring (bicyclic) bond motifs is 1. The van der Waals surface area contributed by atoms with Gasteiger partial charge in [-0.2, -0.15) is 0 Å². The summed E-state index contributed by atoms with van der Waals surface area (Å²) in [5.74, 6) is -0.0325. The van der Waals surface area contributed by atoms with Crippen molar-refractivity contribution in [2.24, 2.45) is 0 Å². The summed E-state index contributed by atoms with van der Waals surface area (Å²) in [6.07, 6.45) is 3.94. The second-order valence-corrected chi connectivity index (χ2v) is 5.50. The molecule has 6 heteroatoms. The summed E-state index contributed by atoms with van der Waals surface area (Å²) in [6.45, 7) is 3.32. The Balaban J connectivity index is 1.94. The van der Waals surface area contributed by atoms with Gasteiger partial charge < -0.3 is 25.6 Å². The molecule has 0 aromatic heterocycles. The Morgan fingerprint density at radius 2 is 2.18 bits per heavy atom. The SMILES string of the molecule is CCCCCCNCC(O)c1ccc(O)c2c1OCC(=O)N2. The van der Waals surface area contributed by atoms with Crippen molar-refractivity contribution in [1.29, 1.82) is 0 Å². The lowest BCUT2D eigenvalue weighted by atomic mass is 10.0. The molecule has 0 spiro atoms. The van der Waals surface area contributed by atoms with Gasteiger partial charge in [-0.3, -0.25) is 4.79 Å². The molecule has 1 aliphatic heterocycles. The van der Waals surface area contributed by atoms with Gasteiger partial charge in [-0.05, 0) is 25.1 Å². The van der Waals surface area contributed by atoms with E-state index in [1.807, 2.05) is 0 Å². The van der Waals surface area contributed by atoms with Crippen molar-refractivity contribution >= 4 is 11.6 Å². The van der Waals surface area contributed by atoms with Crippen molar-refractivity contribution < 1.29 is 19.7 Å². The number of aliphatic hydroxyl groups excluding tert-OH is 1. The molecule has 1 aromatic rings. The van der Waals surface area contributed by atoms with Crippen LogP contribution in [0.2, 0.25) is 0 Å². The van der Waals surface area contributed by atoms with E-state index < -0.39 is 6.10 Å². The van der Waals surface area contributed by atoms with Crippen LogP contribution in [0.25, 0.3) is 0 Å². The van der Waals surface area contributed by atoms with Crippen molar-refractivity contribution in [2.45, 2.75) is 38.7 Å². The number of phenolic OH excluding ortho intramolecular Hbond substituents is 1. The molecule has 4 N–H and O–H groups in total. The number of rotatable bonds is 8. The molecule has 0 saturated carbocycles. The molecule has 0 bridgehead atoms. The molecule has 122 valence electrons. The average molecular weight is 308 g/mol. The summed E-state index contributed by atoms with van der Waals surface area (Å²) in [5.41, 5.74) is 0.796. The van der Waals surface area contributed by atoms with Gasteiger partial charge in [0.2, 0.25) is 0 Å². The molecule has 1 unspecified atom stereocenters. The summed E-state index contributed by atoms with van der Waals surface area (Å²) in [7, 11) is 0. The standard InChI is InChI=1S/C16H24N2O4/c1-2-3-4-5-8-17-9-13(20)11-6-7-12(19)15-16(11)22-10-14(21)18-15/h6-7,13,17,19-20H,2-5,8-10H2,1H3,(H,18,21). The molecule has 0 radical (unpaired) electrons. The summed E-state index contributed by atoms with van der Waals surface area (Å²) < 4.78 is 5.37. The van der Waals surface area contributed by atoms with Crippen LogP contribution in [-0.4, -0.2) is 35.8 Å². The molecule has 6 nitrogen and oxygen atoms in total. The van der Waals surface area contributed by atoms with Crippen LogP contribution >= 0.6 is 0 Å². The predicted molar refractivity (Wildman–Crippen MR) is 84.2 cm³/mol. The van der Waals surface area contributed by atoms with E-state index in [0.29, 0.717) is 17.9 Å². The number of aliphatic hydroxyl groups is 1. The minimum atomic E-state index is -0.754. The van der Waals surface area contributed by atoms with Crippen LogP contribution in [-0.2, 0) is 4.79 Å². The fraction of sp³-hybridized carbons (Fsp3) is 0.562. The number of carbonyl (C=O) groups is 1. The number of amides is 1. The van der Waals surface area contributed by atoms with E-state index in [4.69, 9.17) is 4.74 Å². The van der Waals surface area contributed by atoms with E-state index in [0.717, 1.165) is 13.0 Å². The quantitative estimate of drug-likeness (QED) is 0.435. The van der Waals surface area contributed by atoms with Crippen molar-refractivity contribution in [2.75, 3.05) is 25.0 Å². The lowest BCUT2D eigenvalue weighted by Gasteiger charge is -2.23. The Morgan fingerprint density at radius 3 is 2.95 bits per heavy atom. The highest BCUT2D eigenvalue weighted by atomic mass is 16.5. The van der Waals surface area contributed by atoms with Crippen LogP contribution in [0.5, 0.6) is 11.5 Å². The third-order valence-electron chi connectivity index (χ3n) is 3.68. The zero-order chi connectivity index (χ0) is 15.9. The smallest absolute Gasteiger partial charge is 0.262 e. The van der Waals surface area contributed by atoms with Gasteiger partial charge in [-0.15, -0.1) is 0 Å². The van der Waals surface area contributed by atoms with E-state index in [2.05, 4.69) is 17.6 Å². The Bertz CT molecular complexity index is 519. The lowest BCUT2D eigenvalue weighted by molar-refractivity contribution is -0.118. The van der Waals surface area contributed by atoms with Crippen molar-refractivity contribution in [3.63, 3.8) is 0 Å². The van der Waals surface area contributed by atoms with E-state index in [9.17, 15) is 15.0 Å². The summed E-state index contributed by atoms with van der Waals surface area (Å²) in [5, 5.41) is 25.9. The van der Waals surface area contributed by atoms with E-state index in [1.54, 1.807) is 6.07 Å². The highest BCUT2D eigenvalue weighted by molar-refractivity contribution is 5.97. The number of hydrogen-bond acceptors (Lipinski definition) is 5. The van der Waals surface area contributed by atoms with Gasteiger partial charge in [0, 0.05) is 12.1 Å². The predicted octanol–water partition coefficient (Wildman–Crippen LogP) is 1.93. The second kappa shape index (κ2) is 8.00. The number of anilines is 1. The topological polar surface area (TPSA) is 90.8 Å². The fourth-order valence-corrected chi connectivity index (χ4v) is 2.47. The normalized spacial score (nSPS) is 14.9. The minimum Gasteiger partial charge on any atom is -0.506 e. The molecule has 2 rings (SSSR count). The van der Waals surface area contributed by atoms with Crippen LogP contribution in [0.4, 0.5) is 5.69 Å². The van der Waals surface area contributed by atoms with Crippen LogP contribution in [0.3, 0.4) is 0 Å². The first kappa shape index (κ1) is 16.6. The Labute approximate surface area is 130 Å². The molecule has 1 atom stereocenters. The van der Waals surface area contributed by atoms with Crippen LogP contribution in [0.15, 0.2) is 12.1 Å². The van der Waals surface area contributed by atoms with Gasteiger partial charge in [-0.25, -0.2) is 0 Å². The second-order valence-electron chi connectivity index (χ2n) is 5.50.